The summed E-state index contributed by atoms with van der Waals surface area (Å²) in [5, 5.41) is 2.27. The van der Waals surface area contributed by atoms with Gasteiger partial charge in [-0.15, -0.1) is 0 Å². The maximum Gasteiger partial charge on any atom is 0.266 e. The van der Waals surface area contributed by atoms with Gasteiger partial charge in [0.25, 0.3) is 5.91 Å². The molecule has 0 N–H and O–H groups in total. The van der Waals surface area contributed by atoms with Crippen molar-refractivity contribution in [1.82, 2.24) is 5.06 Å². The molecule has 0 bridgehead atoms. The van der Waals surface area contributed by atoms with Crippen molar-refractivity contribution in [3.05, 3.63) is 64.1 Å². The molecule has 0 aromatic heterocycles. The third kappa shape index (κ3) is 2.55. The number of nitrogens with zero attached hydrogens (tertiary/aromatic N) is 2. The van der Waals surface area contributed by atoms with Crippen LogP contribution in [0.5, 0.6) is 0 Å². The van der Waals surface area contributed by atoms with Crippen LogP contribution >= 0.6 is 23.2 Å². The minimum atomic E-state index is -0.852. The van der Waals surface area contributed by atoms with Gasteiger partial charge in [-0.3, -0.25) is 14.4 Å². The smallest absolute Gasteiger partial charge is 0.266 e. The Kier molecular flexibility index (Phi) is 4.04. The van der Waals surface area contributed by atoms with Crippen molar-refractivity contribution in [1.29, 1.82) is 0 Å². The van der Waals surface area contributed by atoms with Crippen molar-refractivity contribution in [3.63, 3.8) is 0 Å². The summed E-state index contributed by atoms with van der Waals surface area (Å²) in [7, 11) is 1.73. The van der Waals surface area contributed by atoms with E-state index in [9.17, 15) is 9.59 Å². The fraction of sp³-hybridized carbons (Fsp3) is 0.222. The van der Waals surface area contributed by atoms with Gasteiger partial charge in [0.15, 0.2) is 6.10 Å². The third-order valence-electron chi connectivity index (χ3n) is 4.60. The fourth-order valence-electron chi connectivity index (χ4n) is 3.52. The molecule has 0 radical (unpaired) electrons. The second kappa shape index (κ2) is 6.11. The number of carbonyl (C=O) groups is 2. The topological polar surface area (TPSA) is 49.9 Å². The molecule has 2 aromatic carbocycles. The Morgan fingerprint density at radius 1 is 1.00 bits per heavy atom. The number of benzene rings is 2. The number of carbonyl (C=O) groups excluding carboxylic acids is 2. The standard InChI is InChI=1S/C18H14Cl2N2O3/c1-21-15(10-5-3-2-4-6-10)14-16(25-21)18(24)22(17(14)23)13-8-7-11(19)9-12(13)20/h2-9,14-16H,1H3/t14-,15+,16+/m1/s1. The molecule has 3 atom stereocenters. The number of amides is 2. The van der Waals surface area contributed by atoms with Gasteiger partial charge < -0.3 is 0 Å². The molecule has 25 heavy (non-hydrogen) atoms. The molecule has 2 saturated heterocycles. The van der Waals surface area contributed by atoms with Gasteiger partial charge in [0.05, 0.1) is 22.7 Å². The van der Waals surface area contributed by atoms with E-state index < -0.39 is 17.9 Å². The summed E-state index contributed by atoms with van der Waals surface area (Å²) in [4.78, 5) is 32.7. The largest absolute Gasteiger partial charge is 0.284 e. The van der Waals surface area contributed by atoms with E-state index >= 15 is 0 Å². The molecule has 2 amide bonds. The summed E-state index contributed by atoms with van der Waals surface area (Å²) >= 11 is 12.1. The van der Waals surface area contributed by atoms with Gasteiger partial charge in [0, 0.05) is 12.1 Å². The summed E-state index contributed by atoms with van der Waals surface area (Å²) < 4.78 is 0. The number of hydrogen-bond donors (Lipinski definition) is 0. The number of rotatable bonds is 2. The fourth-order valence-corrected chi connectivity index (χ4v) is 4.01. The van der Waals surface area contributed by atoms with E-state index in [0.29, 0.717) is 10.7 Å². The summed E-state index contributed by atoms with van der Waals surface area (Å²) in [5.41, 5.74) is 1.25. The number of hydroxylamine groups is 2. The van der Waals surface area contributed by atoms with Crippen LogP contribution < -0.4 is 4.90 Å². The molecule has 0 spiro atoms. The zero-order valence-corrected chi connectivity index (χ0v) is 14.7. The highest BCUT2D eigenvalue weighted by molar-refractivity contribution is 6.38. The van der Waals surface area contributed by atoms with E-state index in [2.05, 4.69) is 0 Å². The summed E-state index contributed by atoms with van der Waals surface area (Å²) in [6.45, 7) is 0. The van der Waals surface area contributed by atoms with Gasteiger partial charge in [0.1, 0.15) is 0 Å². The van der Waals surface area contributed by atoms with Gasteiger partial charge in [-0.1, -0.05) is 53.5 Å². The molecule has 5 nitrogen and oxygen atoms in total. The molecular weight excluding hydrogens is 363 g/mol. The normalized spacial score (nSPS) is 26.4. The van der Waals surface area contributed by atoms with Gasteiger partial charge in [-0.05, 0) is 23.8 Å². The highest BCUT2D eigenvalue weighted by Crippen LogP contribution is 2.45. The van der Waals surface area contributed by atoms with Gasteiger partial charge >= 0.3 is 0 Å². The molecule has 0 aliphatic carbocycles. The molecule has 2 heterocycles. The van der Waals surface area contributed by atoms with Crippen molar-refractivity contribution in [3.8, 4) is 0 Å². The number of fused-ring (bicyclic) bond motifs is 1. The van der Waals surface area contributed by atoms with Gasteiger partial charge in [0.2, 0.25) is 5.91 Å². The molecule has 128 valence electrons. The van der Waals surface area contributed by atoms with E-state index in [1.165, 1.54) is 6.07 Å². The predicted octanol–water partition coefficient (Wildman–Crippen LogP) is 3.47. The Morgan fingerprint density at radius 2 is 1.72 bits per heavy atom. The maximum atomic E-state index is 13.1. The van der Waals surface area contributed by atoms with E-state index in [-0.39, 0.29) is 17.0 Å². The summed E-state index contributed by atoms with van der Waals surface area (Å²) in [5.74, 6) is -1.35. The lowest BCUT2D eigenvalue weighted by Gasteiger charge is -2.24. The van der Waals surface area contributed by atoms with E-state index in [1.54, 1.807) is 24.2 Å². The lowest BCUT2D eigenvalue weighted by atomic mass is 9.91. The van der Waals surface area contributed by atoms with Crippen molar-refractivity contribution >= 4 is 40.7 Å². The first-order valence-electron chi connectivity index (χ1n) is 7.76. The lowest BCUT2D eigenvalue weighted by Crippen LogP contribution is -2.36. The number of hydrogen-bond acceptors (Lipinski definition) is 4. The monoisotopic (exact) mass is 376 g/mol. The molecule has 2 fully saturated rings. The Bertz CT molecular complexity index is 859. The van der Waals surface area contributed by atoms with Crippen molar-refractivity contribution in [2.24, 2.45) is 5.92 Å². The molecule has 4 rings (SSSR count). The van der Waals surface area contributed by atoms with Crippen LogP contribution in [-0.4, -0.2) is 30.0 Å². The first kappa shape index (κ1) is 16.5. The summed E-state index contributed by atoms with van der Waals surface area (Å²) in [6, 6.07) is 13.9. The van der Waals surface area contributed by atoms with E-state index in [1.807, 2.05) is 30.3 Å². The Hall–Kier alpha value is -1.92. The Morgan fingerprint density at radius 3 is 2.40 bits per heavy atom. The van der Waals surface area contributed by atoms with Crippen molar-refractivity contribution in [2.75, 3.05) is 11.9 Å². The maximum absolute atomic E-state index is 13.1. The zero-order valence-electron chi connectivity index (χ0n) is 13.2. The molecule has 2 aromatic rings. The second-order valence-corrected chi connectivity index (χ2v) is 6.90. The number of halogens is 2. The van der Waals surface area contributed by atoms with Crippen LogP contribution in [0.15, 0.2) is 48.5 Å². The van der Waals surface area contributed by atoms with Crippen LogP contribution in [-0.2, 0) is 14.4 Å². The zero-order chi connectivity index (χ0) is 17.7. The first-order valence-corrected chi connectivity index (χ1v) is 8.52. The SMILES string of the molecule is CN1O[C@@H]2C(=O)N(c3ccc(Cl)cc3Cl)C(=O)[C@@H]2[C@@H]1c1ccccc1. The quantitative estimate of drug-likeness (QED) is 0.753. The van der Waals surface area contributed by atoms with Crippen LogP contribution in [0.1, 0.15) is 11.6 Å². The second-order valence-electron chi connectivity index (χ2n) is 6.06. The first-order chi connectivity index (χ1) is 12.0. The lowest BCUT2D eigenvalue weighted by molar-refractivity contribution is -0.160. The van der Waals surface area contributed by atoms with Crippen molar-refractivity contribution < 1.29 is 14.4 Å². The Balaban J connectivity index is 1.74. The highest BCUT2D eigenvalue weighted by atomic mass is 35.5. The van der Waals surface area contributed by atoms with Crippen LogP contribution in [0.25, 0.3) is 0 Å². The molecule has 0 saturated carbocycles. The van der Waals surface area contributed by atoms with Crippen molar-refractivity contribution in [2.45, 2.75) is 12.1 Å². The Labute approximate surface area is 154 Å². The van der Waals surface area contributed by atoms with Crippen LogP contribution in [0.4, 0.5) is 5.69 Å². The minimum Gasteiger partial charge on any atom is -0.284 e. The predicted molar refractivity (Wildman–Crippen MR) is 94.3 cm³/mol. The molecular formula is C18H14Cl2N2O3. The molecule has 0 unspecified atom stereocenters. The number of imide groups is 1. The average molecular weight is 377 g/mol. The van der Waals surface area contributed by atoms with E-state index in [0.717, 1.165) is 10.5 Å². The highest BCUT2D eigenvalue weighted by Gasteiger charge is 2.59. The molecule has 2 aliphatic rings. The molecule has 2 aliphatic heterocycles. The third-order valence-corrected chi connectivity index (χ3v) is 5.14. The summed E-state index contributed by atoms with van der Waals surface area (Å²) in [6.07, 6.45) is -0.852. The molecule has 7 heteroatoms. The van der Waals surface area contributed by atoms with Crippen LogP contribution in [0.2, 0.25) is 10.0 Å². The van der Waals surface area contributed by atoms with Crippen LogP contribution in [0, 0.1) is 5.92 Å². The van der Waals surface area contributed by atoms with E-state index in [4.69, 9.17) is 28.0 Å². The van der Waals surface area contributed by atoms with Crippen LogP contribution in [0.3, 0.4) is 0 Å². The minimum absolute atomic E-state index is 0.249. The number of anilines is 1. The van der Waals surface area contributed by atoms with Gasteiger partial charge in [-0.2, -0.15) is 5.06 Å². The van der Waals surface area contributed by atoms with Gasteiger partial charge in [-0.25, -0.2) is 4.90 Å². The average Bonchev–Trinajstić information content (AvgIpc) is 3.04.